The molecule has 0 aliphatic rings. The molecule has 0 bridgehead atoms. The molecule has 1 aromatic rings. The first-order chi connectivity index (χ1) is 8.80. The number of ether oxygens (including phenoxy) is 2. The van der Waals surface area contributed by atoms with E-state index in [1.54, 1.807) is 7.11 Å². The Morgan fingerprint density at radius 2 is 2.06 bits per heavy atom. The van der Waals surface area contributed by atoms with E-state index in [2.05, 4.69) is 30.2 Å². The largest absolute Gasteiger partial charge is 0.475 e. The molecule has 1 heterocycles. The number of rotatable bonds is 9. The third-order valence-corrected chi connectivity index (χ3v) is 2.54. The number of nitrogens with one attached hydrogen (secondary N) is 1. The van der Waals surface area contributed by atoms with Gasteiger partial charge in [-0.1, -0.05) is 20.3 Å². The first kappa shape index (κ1) is 14.9. The van der Waals surface area contributed by atoms with E-state index < -0.39 is 0 Å². The van der Waals surface area contributed by atoms with Gasteiger partial charge in [-0.2, -0.15) is 0 Å². The Kier molecular flexibility index (Phi) is 7.37. The highest BCUT2D eigenvalue weighted by molar-refractivity contribution is 5.25. The van der Waals surface area contributed by atoms with Gasteiger partial charge in [0.25, 0.3) is 0 Å². The molecule has 1 N–H and O–H groups in total. The molecule has 0 saturated heterocycles. The second-order valence-electron chi connectivity index (χ2n) is 4.18. The summed E-state index contributed by atoms with van der Waals surface area (Å²) in [5, 5.41) is 3.32. The highest BCUT2D eigenvalue weighted by Gasteiger charge is 2.03. The Bertz CT molecular complexity index is 343. The van der Waals surface area contributed by atoms with Crippen LogP contribution >= 0.6 is 0 Å². The molecule has 0 saturated carbocycles. The molecule has 4 nitrogen and oxygen atoms in total. The summed E-state index contributed by atoms with van der Waals surface area (Å²) in [6.07, 6.45) is 2.08. The first-order valence-corrected chi connectivity index (χ1v) is 6.62. The number of pyridine rings is 1. The van der Waals surface area contributed by atoms with Crippen LogP contribution in [0.4, 0.5) is 0 Å². The quantitative estimate of drug-likeness (QED) is 0.684. The van der Waals surface area contributed by atoms with Crippen LogP contribution in [0.15, 0.2) is 12.1 Å². The molecule has 0 amide bonds. The third kappa shape index (κ3) is 5.47. The number of aromatic nitrogens is 1. The summed E-state index contributed by atoms with van der Waals surface area (Å²) in [7, 11) is 1.67. The van der Waals surface area contributed by atoms with E-state index in [1.807, 2.05) is 6.07 Å². The SMILES string of the molecule is CCCc1cc(CNCC)cc(OCCOC)n1. The van der Waals surface area contributed by atoms with Gasteiger partial charge in [0.05, 0.1) is 6.61 Å². The zero-order valence-corrected chi connectivity index (χ0v) is 11.7. The summed E-state index contributed by atoms with van der Waals surface area (Å²) in [6, 6.07) is 4.15. The van der Waals surface area contributed by atoms with Gasteiger partial charge in [0.1, 0.15) is 6.61 Å². The third-order valence-electron chi connectivity index (χ3n) is 2.54. The van der Waals surface area contributed by atoms with Crippen LogP contribution in [-0.4, -0.2) is 31.9 Å². The van der Waals surface area contributed by atoms with Crippen LogP contribution in [0, 0.1) is 0 Å². The van der Waals surface area contributed by atoms with Crippen LogP contribution in [0.3, 0.4) is 0 Å². The maximum atomic E-state index is 5.59. The van der Waals surface area contributed by atoms with E-state index in [0.29, 0.717) is 19.1 Å². The van der Waals surface area contributed by atoms with Crippen molar-refractivity contribution >= 4 is 0 Å². The molecule has 0 aliphatic heterocycles. The number of aryl methyl sites for hydroxylation is 1. The molecule has 0 radical (unpaired) electrons. The Morgan fingerprint density at radius 3 is 2.72 bits per heavy atom. The van der Waals surface area contributed by atoms with Crippen molar-refractivity contribution in [1.29, 1.82) is 0 Å². The lowest BCUT2D eigenvalue weighted by Gasteiger charge is -2.10. The molecule has 102 valence electrons. The molecule has 18 heavy (non-hydrogen) atoms. The van der Waals surface area contributed by atoms with E-state index in [0.717, 1.165) is 31.6 Å². The molecule has 1 aromatic heterocycles. The number of methoxy groups -OCH3 is 1. The van der Waals surface area contributed by atoms with Crippen molar-refractivity contribution in [3.05, 3.63) is 23.4 Å². The van der Waals surface area contributed by atoms with Gasteiger partial charge in [0.2, 0.25) is 5.88 Å². The van der Waals surface area contributed by atoms with E-state index >= 15 is 0 Å². The summed E-state index contributed by atoms with van der Waals surface area (Å²) in [5.74, 6) is 0.700. The number of hydrogen-bond donors (Lipinski definition) is 1. The highest BCUT2D eigenvalue weighted by Crippen LogP contribution is 2.14. The van der Waals surface area contributed by atoms with Crippen LogP contribution < -0.4 is 10.1 Å². The smallest absolute Gasteiger partial charge is 0.213 e. The predicted octanol–water partition coefficient (Wildman–Crippen LogP) is 2.17. The first-order valence-electron chi connectivity index (χ1n) is 6.62. The molecule has 4 heteroatoms. The van der Waals surface area contributed by atoms with E-state index in [-0.39, 0.29) is 0 Å². The molecule has 0 spiro atoms. The molecule has 0 atom stereocenters. The van der Waals surface area contributed by atoms with Gasteiger partial charge < -0.3 is 14.8 Å². The standard InChI is InChI=1S/C14H24N2O2/c1-4-6-13-9-12(11-15-5-2)10-14(16-13)18-8-7-17-3/h9-10,15H,4-8,11H2,1-3H3. The van der Waals surface area contributed by atoms with Gasteiger partial charge in [0.15, 0.2) is 0 Å². The van der Waals surface area contributed by atoms with Gasteiger partial charge in [-0.3, -0.25) is 0 Å². The van der Waals surface area contributed by atoms with Gasteiger partial charge in [-0.15, -0.1) is 0 Å². The van der Waals surface area contributed by atoms with Crippen LogP contribution in [0.5, 0.6) is 5.88 Å². The van der Waals surface area contributed by atoms with Crippen LogP contribution in [0.2, 0.25) is 0 Å². The molecule has 0 unspecified atom stereocenters. The van der Waals surface area contributed by atoms with E-state index in [1.165, 1.54) is 5.56 Å². The second-order valence-corrected chi connectivity index (χ2v) is 4.18. The van der Waals surface area contributed by atoms with Crippen molar-refractivity contribution in [2.45, 2.75) is 33.2 Å². The van der Waals surface area contributed by atoms with E-state index in [9.17, 15) is 0 Å². The Hall–Kier alpha value is -1.13. The van der Waals surface area contributed by atoms with Crippen molar-refractivity contribution < 1.29 is 9.47 Å². The molecule has 1 rings (SSSR count). The molecule has 0 aromatic carbocycles. The summed E-state index contributed by atoms with van der Waals surface area (Å²) in [4.78, 5) is 4.50. The normalized spacial score (nSPS) is 10.6. The van der Waals surface area contributed by atoms with Gasteiger partial charge >= 0.3 is 0 Å². The van der Waals surface area contributed by atoms with Crippen LogP contribution in [0.25, 0.3) is 0 Å². The van der Waals surface area contributed by atoms with Crippen molar-refractivity contribution in [1.82, 2.24) is 10.3 Å². The summed E-state index contributed by atoms with van der Waals surface area (Å²) >= 11 is 0. The fourth-order valence-electron chi connectivity index (χ4n) is 1.68. The predicted molar refractivity (Wildman–Crippen MR) is 73.0 cm³/mol. The van der Waals surface area contributed by atoms with Gasteiger partial charge in [-0.25, -0.2) is 4.98 Å². The molecule has 0 aliphatic carbocycles. The highest BCUT2D eigenvalue weighted by atomic mass is 16.5. The Balaban J connectivity index is 2.70. The molecular weight excluding hydrogens is 228 g/mol. The second kappa shape index (κ2) is 8.89. The lowest BCUT2D eigenvalue weighted by molar-refractivity contribution is 0.143. The summed E-state index contributed by atoms with van der Waals surface area (Å²) < 4.78 is 10.6. The minimum absolute atomic E-state index is 0.541. The number of nitrogens with zero attached hydrogens (tertiary/aromatic N) is 1. The summed E-state index contributed by atoms with van der Waals surface area (Å²) in [5.41, 5.74) is 2.32. The Labute approximate surface area is 110 Å². The minimum atomic E-state index is 0.541. The average Bonchev–Trinajstić information content (AvgIpc) is 2.37. The fourth-order valence-corrected chi connectivity index (χ4v) is 1.68. The van der Waals surface area contributed by atoms with Crippen molar-refractivity contribution in [2.24, 2.45) is 0 Å². The molecule has 0 fully saturated rings. The van der Waals surface area contributed by atoms with E-state index in [4.69, 9.17) is 9.47 Å². The fraction of sp³-hybridized carbons (Fsp3) is 0.643. The van der Waals surface area contributed by atoms with Crippen LogP contribution in [0.1, 0.15) is 31.5 Å². The lowest BCUT2D eigenvalue weighted by atomic mass is 10.1. The topological polar surface area (TPSA) is 43.4 Å². The maximum absolute atomic E-state index is 5.59. The average molecular weight is 252 g/mol. The van der Waals surface area contributed by atoms with Crippen molar-refractivity contribution in [2.75, 3.05) is 26.9 Å². The zero-order valence-electron chi connectivity index (χ0n) is 11.7. The minimum Gasteiger partial charge on any atom is -0.475 e. The monoisotopic (exact) mass is 252 g/mol. The van der Waals surface area contributed by atoms with Crippen molar-refractivity contribution in [3.8, 4) is 5.88 Å². The van der Waals surface area contributed by atoms with Crippen LogP contribution in [-0.2, 0) is 17.7 Å². The zero-order chi connectivity index (χ0) is 13.2. The lowest BCUT2D eigenvalue weighted by Crippen LogP contribution is -2.13. The maximum Gasteiger partial charge on any atom is 0.213 e. The Morgan fingerprint density at radius 1 is 1.22 bits per heavy atom. The van der Waals surface area contributed by atoms with Gasteiger partial charge in [0, 0.05) is 25.4 Å². The number of hydrogen-bond acceptors (Lipinski definition) is 4. The van der Waals surface area contributed by atoms with Gasteiger partial charge in [-0.05, 0) is 24.6 Å². The van der Waals surface area contributed by atoms with Crippen molar-refractivity contribution in [3.63, 3.8) is 0 Å². The molecular formula is C14H24N2O2. The summed E-state index contributed by atoms with van der Waals surface area (Å²) in [6.45, 7) is 7.21.